The van der Waals surface area contributed by atoms with Crippen molar-refractivity contribution >= 4 is 49.5 Å². The molecule has 4 aliphatic rings. The van der Waals surface area contributed by atoms with E-state index in [1.807, 2.05) is 6.92 Å². The molecule has 1 saturated heterocycles. The fourth-order valence-corrected chi connectivity index (χ4v) is 14.7. The highest BCUT2D eigenvalue weighted by Crippen LogP contribution is 2.52. The normalized spacial score (nSPS) is 21.0. The van der Waals surface area contributed by atoms with E-state index in [1.165, 1.54) is 77.5 Å². The summed E-state index contributed by atoms with van der Waals surface area (Å²) in [5, 5.41) is 85.6. The number of amides is 1. The van der Waals surface area contributed by atoms with Crippen molar-refractivity contribution in [2.24, 2.45) is 0 Å². The van der Waals surface area contributed by atoms with Crippen molar-refractivity contribution < 1.29 is 146 Å². The van der Waals surface area contributed by atoms with E-state index in [0.717, 1.165) is 17.7 Å². The molecule has 0 bridgehead atoms. The number of esters is 1. The van der Waals surface area contributed by atoms with Crippen LogP contribution in [0.2, 0.25) is 0 Å². The number of hydrogen-bond donors (Lipinski definition) is 8. The summed E-state index contributed by atoms with van der Waals surface area (Å²) in [6.07, 6.45) is -13.3. The van der Waals surface area contributed by atoms with E-state index in [0.29, 0.717) is 75.1 Å². The number of carbonyl (C=O) groups is 5. The Balaban J connectivity index is 0.553. The van der Waals surface area contributed by atoms with Crippen molar-refractivity contribution in [3.8, 4) is 34.5 Å². The highest BCUT2D eigenvalue weighted by molar-refractivity contribution is 7.91. The van der Waals surface area contributed by atoms with Gasteiger partial charge in [-0.15, -0.1) is 13.5 Å². The van der Waals surface area contributed by atoms with Crippen LogP contribution in [0.3, 0.4) is 0 Å². The molecule has 0 unspecified atom stereocenters. The number of nitrogens with zero attached hydrogens (tertiary/aromatic N) is 3. The number of carbonyl (C=O) groups excluding carboxylic acids is 5. The summed E-state index contributed by atoms with van der Waals surface area (Å²) in [5.74, 6) is -5.35. The highest BCUT2D eigenvalue weighted by atomic mass is 32.3. The van der Waals surface area contributed by atoms with Gasteiger partial charge in [0.15, 0.2) is 50.2 Å². The lowest BCUT2D eigenvalue weighted by molar-refractivity contribution is -0.277. The van der Waals surface area contributed by atoms with Crippen LogP contribution in [-0.2, 0) is 82.8 Å². The fourth-order valence-electron chi connectivity index (χ4n) is 12.7. The maximum atomic E-state index is 14.0. The van der Waals surface area contributed by atoms with Gasteiger partial charge in [-0.05, 0) is 91.6 Å². The van der Waals surface area contributed by atoms with Gasteiger partial charge in [0.1, 0.15) is 73.6 Å². The quantitative estimate of drug-likeness (QED) is 0.0154. The van der Waals surface area contributed by atoms with Gasteiger partial charge in [-0.1, -0.05) is 77.5 Å². The predicted molar refractivity (Wildman–Crippen MR) is 397 cm³/mol. The lowest BCUT2D eigenvalue weighted by atomic mass is 9.70. The van der Waals surface area contributed by atoms with E-state index in [4.69, 9.17) is 69.9 Å². The van der Waals surface area contributed by atoms with E-state index < -0.39 is 123 Å². The first kappa shape index (κ1) is 86.4. The molecule has 37 heteroatoms. The molecule has 6 aromatic carbocycles. The second-order valence-corrected chi connectivity index (χ2v) is 30.2. The molecule has 115 heavy (non-hydrogen) atoms. The number of nitrogens with one attached hydrogen (secondary N) is 1. The van der Waals surface area contributed by atoms with Gasteiger partial charge in [0.2, 0.25) is 18.8 Å². The van der Waals surface area contributed by atoms with Crippen LogP contribution in [0, 0.1) is 6.92 Å². The lowest BCUT2D eigenvalue weighted by Crippen LogP contribution is -2.67. The highest BCUT2D eigenvalue weighted by Gasteiger charge is 2.56. The van der Waals surface area contributed by atoms with E-state index >= 15 is 0 Å². The number of benzene rings is 6. The van der Waals surface area contributed by atoms with Gasteiger partial charge < -0.3 is 111 Å². The number of sulfone groups is 1. The van der Waals surface area contributed by atoms with Crippen LogP contribution in [-0.4, -0.2) is 256 Å². The number of aliphatic hydroxyl groups excluding tert-OH is 7. The van der Waals surface area contributed by atoms with Gasteiger partial charge in [-0.2, -0.15) is 0 Å². The molecule has 3 aliphatic heterocycles. The van der Waals surface area contributed by atoms with Gasteiger partial charge in [0.05, 0.1) is 113 Å². The Labute approximate surface area is 660 Å². The zero-order valence-corrected chi connectivity index (χ0v) is 64.0. The monoisotopic (exact) mass is 1640 g/mol. The molecule has 4 heterocycles. The summed E-state index contributed by atoms with van der Waals surface area (Å²) in [6.45, 7) is 4.09. The average Bonchev–Trinajstić information content (AvgIpc) is 1.66. The molecule has 7 aromatic rings. The van der Waals surface area contributed by atoms with Crippen LogP contribution >= 0.6 is 0 Å². The van der Waals surface area contributed by atoms with Gasteiger partial charge in [0, 0.05) is 55.1 Å². The Morgan fingerprint density at radius 3 is 1.82 bits per heavy atom. The first-order valence-corrected chi connectivity index (χ1v) is 39.9. The SMILES string of the molecule is Cc1ccc(S(=O)(=O)CCC(=O)c2ccc(C(=O)CCCOCCOCCOCCOCc3cn(COCCOCCOCCCC(=O)c4ccc(O[C@@H]5O[C@H](CO)[C@H](O)[C@H](O)[C@H]5O)c(OS(=O)(=O)Oc5ccc(COc6c7c(cc8c6C(=O)N[C@H]6[C@H](O)[C@H](O)[C@@H](O)[C@H](OC(=O)c9ccccc9)[C@H]86)OCO7)cc5)c4)nn3)cc2)cc1. The van der Waals surface area contributed by atoms with Crippen LogP contribution in [0.25, 0.3) is 0 Å². The molecular weight excluding hydrogens is 1550 g/mol. The lowest BCUT2D eigenvalue weighted by Gasteiger charge is -2.48. The number of fused-ring (bicyclic) bond motifs is 4. The summed E-state index contributed by atoms with van der Waals surface area (Å²) in [6, 6.07) is 29.5. The summed E-state index contributed by atoms with van der Waals surface area (Å²) in [5.41, 5.74) is 2.79. The van der Waals surface area contributed by atoms with Gasteiger partial charge >= 0.3 is 16.4 Å². The largest absolute Gasteiger partial charge is 0.501 e. The Bertz CT molecular complexity index is 4630. The van der Waals surface area contributed by atoms with Crippen LogP contribution in [0.5, 0.6) is 34.5 Å². The van der Waals surface area contributed by atoms with E-state index in [1.54, 1.807) is 48.7 Å². The van der Waals surface area contributed by atoms with Crippen LogP contribution in [0.15, 0.2) is 138 Å². The third kappa shape index (κ3) is 23.4. The van der Waals surface area contributed by atoms with Crippen molar-refractivity contribution in [1.29, 1.82) is 0 Å². The molecule has 35 nitrogen and oxygen atoms in total. The third-order valence-electron chi connectivity index (χ3n) is 18.8. The van der Waals surface area contributed by atoms with Crippen molar-refractivity contribution in [3.63, 3.8) is 0 Å². The van der Waals surface area contributed by atoms with Crippen molar-refractivity contribution in [2.75, 3.05) is 98.4 Å². The molecule has 0 radical (unpaired) electrons. The summed E-state index contributed by atoms with van der Waals surface area (Å²) >= 11 is 0. The number of ether oxygens (including phenoxy) is 13. The van der Waals surface area contributed by atoms with E-state index in [2.05, 4.69) is 15.6 Å². The standard InChI is InChI=1S/C78H90N4O31S2/c1-47-11-22-55(23-12-47)114(95,96)38-25-59(86)50-17-15-49(16-18-50)57(84)9-5-26-99-28-30-101-32-33-102-34-36-104-44-53-41-82(81-80-53)45-105-37-35-103-31-29-100-27-6-10-58(85)52-19-24-60(109-78-72(92)69(89)67(87)63(42-83)110-78)61(39-52)113-115(97,98)112-54-20-13-48(14-21-54)43-106-75-65-56(40-62-73(75)108-46-107-62)64-66(79-76(65)93)68(88)70(90)71(91)74(64)111-77(94)51-7-3-2-4-8-51/h2-4,7-8,11-24,39-41,63-64,66-72,74,78,83,87-92H,5-6,9-10,25-38,42-46H2,1H3,(H,79,93)/t63-,64-,66-,67+,68+,69+,70+,71-,72-,74-,78-/m1/s1. The molecule has 620 valence electrons. The molecule has 8 N–H and O–H groups in total. The molecule has 11 rings (SSSR count). The predicted octanol–water partition coefficient (Wildman–Crippen LogP) is 3.24. The Kier molecular flexibility index (Phi) is 31.1. The maximum Gasteiger partial charge on any atom is 0.501 e. The maximum absolute atomic E-state index is 14.0. The molecule has 0 spiro atoms. The number of hydrogen-bond acceptors (Lipinski definition) is 33. The smallest absolute Gasteiger partial charge is 0.484 e. The molecule has 1 saturated carbocycles. The average molecular weight is 1640 g/mol. The molecule has 1 aromatic heterocycles. The second-order valence-electron chi connectivity index (χ2n) is 27.0. The van der Waals surface area contributed by atoms with Gasteiger partial charge in [-0.3, -0.25) is 19.2 Å². The minimum atomic E-state index is -5.14. The number of Topliss-reactive ketones (excluding diaryl/α,β-unsaturated/α-hetero) is 3. The molecule has 1 amide bonds. The Morgan fingerprint density at radius 1 is 0.583 bits per heavy atom. The van der Waals surface area contributed by atoms with Gasteiger partial charge in [0.25, 0.3) is 5.91 Å². The van der Waals surface area contributed by atoms with Crippen LogP contribution in [0.1, 0.15) is 112 Å². The molecule has 11 atom stereocenters. The molecular formula is C78H90N4O31S2. The number of aromatic nitrogens is 3. The zero-order valence-electron chi connectivity index (χ0n) is 62.4. The number of aryl methyl sites for hydroxylation is 1. The Morgan fingerprint density at radius 2 is 1.17 bits per heavy atom. The molecule has 2 fully saturated rings. The van der Waals surface area contributed by atoms with E-state index in [9.17, 15) is 76.6 Å². The van der Waals surface area contributed by atoms with Crippen molar-refractivity contribution in [3.05, 3.63) is 184 Å². The number of rotatable bonds is 46. The summed E-state index contributed by atoms with van der Waals surface area (Å²) in [7, 11) is -8.74. The minimum Gasteiger partial charge on any atom is -0.484 e. The molecule has 1 aliphatic carbocycles. The van der Waals surface area contributed by atoms with Crippen molar-refractivity contribution in [1.82, 2.24) is 20.3 Å². The second kappa shape index (κ2) is 41.4. The van der Waals surface area contributed by atoms with Gasteiger partial charge in [-0.25, -0.2) is 17.9 Å². The van der Waals surface area contributed by atoms with Crippen molar-refractivity contribution in [2.45, 2.75) is 131 Å². The fraction of sp³-hybridized carbons (Fsp3) is 0.449. The number of ketones is 3. The first-order valence-electron chi connectivity index (χ1n) is 36.9. The zero-order chi connectivity index (χ0) is 81.6. The first-order chi connectivity index (χ1) is 55.4. The summed E-state index contributed by atoms with van der Waals surface area (Å²) < 4.78 is 139. The Hall–Kier alpha value is -9.49. The van der Waals surface area contributed by atoms with Crippen LogP contribution < -0.4 is 32.6 Å². The minimum absolute atomic E-state index is 0.0247. The summed E-state index contributed by atoms with van der Waals surface area (Å²) in [4.78, 5) is 66.5. The topological polar surface area (TPSA) is 476 Å². The van der Waals surface area contributed by atoms with Crippen LogP contribution in [0.4, 0.5) is 0 Å². The third-order valence-corrected chi connectivity index (χ3v) is 21.3. The van der Waals surface area contributed by atoms with E-state index in [-0.39, 0.29) is 153 Å². The number of aliphatic hydroxyl groups is 7.